The number of hydrogen-bond acceptors (Lipinski definition) is 4. The van der Waals surface area contributed by atoms with Crippen molar-refractivity contribution in [1.82, 2.24) is 14.5 Å². The summed E-state index contributed by atoms with van der Waals surface area (Å²) < 4.78 is 94.8. The van der Waals surface area contributed by atoms with Crippen molar-refractivity contribution in [3.05, 3.63) is 76.5 Å². The van der Waals surface area contributed by atoms with Crippen LogP contribution in [0.2, 0.25) is 0 Å². The SMILES string of the molecule is Cc1cc(C(F)(F)C(F)(F)C(F)(F)F)nc2sc3c(=O)n(-c4ccc5ccccc5c4)cnc3c12. The van der Waals surface area contributed by atoms with Crippen LogP contribution in [-0.4, -0.2) is 26.6 Å². The molecule has 4 nitrogen and oxygen atoms in total. The summed E-state index contributed by atoms with van der Waals surface area (Å²) in [6.45, 7) is 1.25. The zero-order valence-electron chi connectivity index (χ0n) is 17.5. The summed E-state index contributed by atoms with van der Waals surface area (Å²) in [5.74, 6) is -12.0. The quantitative estimate of drug-likeness (QED) is 0.252. The van der Waals surface area contributed by atoms with Gasteiger partial charge in [-0.2, -0.15) is 30.7 Å². The van der Waals surface area contributed by atoms with Crippen molar-refractivity contribution in [2.24, 2.45) is 0 Å². The van der Waals surface area contributed by atoms with Crippen LogP contribution in [0.25, 0.3) is 36.9 Å². The fraction of sp³-hybridized carbons (Fsp3) is 0.174. The second-order valence-corrected chi connectivity index (χ2v) is 8.88. The predicted molar refractivity (Wildman–Crippen MR) is 118 cm³/mol. The molecular formula is C23H12F7N3OS. The van der Waals surface area contributed by atoms with E-state index in [0.29, 0.717) is 23.1 Å². The van der Waals surface area contributed by atoms with E-state index in [2.05, 4.69) is 9.97 Å². The Morgan fingerprint density at radius 3 is 2.29 bits per heavy atom. The number of rotatable bonds is 3. The Bertz CT molecular complexity index is 1690. The highest BCUT2D eigenvalue weighted by Crippen LogP contribution is 2.52. The summed E-state index contributed by atoms with van der Waals surface area (Å²) in [4.78, 5) is 20.6. The smallest absolute Gasteiger partial charge is 0.267 e. The zero-order chi connectivity index (χ0) is 25.3. The molecular weight excluding hydrogens is 499 g/mol. The van der Waals surface area contributed by atoms with Gasteiger partial charge in [-0.05, 0) is 41.5 Å². The number of thiophene rings is 1. The van der Waals surface area contributed by atoms with Gasteiger partial charge >= 0.3 is 18.0 Å². The molecule has 0 aliphatic heterocycles. The van der Waals surface area contributed by atoms with Gasteiger partial charge in [0.05, 0.1) is 11.2 Å². The van der Waals surface area contributed by atoms with Crippen molar-refractivity contribution in [3.8, 4) is 5.69 Å². The molecule has 0 N–H and O–H groups in total. The van der Waals surface area contributed by atoms with E-state index in [1.807, 2.05) is 24.3 Å². The summed E-state index contributed by atoms with van der Waals surface area (Å²) in [7, 11) is 0. The molecule has 3 heterocycles. The van der Waals surface area contributed by atoms with Crippen molar-refractivity contribution in [3.63, 3.8) is 0 Å². The van der Waals surface area contributed by atoms with Crippen LogP contribution in [-0.2, 0) is 5.92 Å². The molecule has 0 spiro atoms. The number of hydrogen-bond donors (Lipinski definition) is 0. The molecule has 0 radical (unpaired) electrons. The van der Waals surface area contributed by atoms with Gasteiger partial charge in [-0.25, -0.2) is 9.97 Å². The Hall–Kier alpha value is -3.54. The normalized spacial score (nSPS) is 13.3. The molecule has 0 amide bonds. The number of benzene rings is 2. The molecule has 0 aliphatic rings. The first-order valence-electron chi connectivity index (χ1n) is 9.96. The Kier molecular flexibility index (Phi) is 4.96. The minimum absolute atomic E-state index is 0.00527. The minimum atomic E-state index is -6.49. The molecule has 0 unspecified atom stereocenters. The van der Waals surface area contributed by atoms with Crippen LogP contribution in [0, 0.1) is 6.92 Å². The molecule has 0 bridgehead atoms. The van der Waals surface area contributed by atoms with E-state index in [0.717, 1.165) is 10.8 Å². The van der Waals surface area contributed by atoms with Gasteiger partial charge in [-0.15, -0.1) is 11.3 Å². The van der Waals surface area contributed by atoms with Crippen molar-refractivity contribution in [1.29, 1.82) is 0 Å². The summed E-state index contributed by atoms with van der Waals surface area (Å²) in [6, 6.07) is 13.1. The lowest BCUT2D eigenvalue weighted by atomic mass is 10.0. The summed E-state index contributed by atoms with van der Waals surface area (Å²) >= 11 is 0.597. The third-order valence-corrected chi connectivity index (χ3v) is 6.69. The second kappa shape index (κ2) is 7.48. The van der Waals surface area contributed by atoms with Crippen molar-refractivity contribution < 1.29 is 30.7 Å². The number of aromatic nitrogens is 3. The van der Waals surface area contributed by atoms with Gasteiger partial charge in [0.15, 0.2) is 0 Å². The fourth-order valence-electron chi connectivity index (χ4n) is 3.82. The van der Waals surface area contributed by atoms with Gasteiger partial charge in [0.2, 0.25) is 0 Å². The molecule has 5 aromatic rings. The maximum atomic E-state index is 14.3. The molecule has 0 atom stereocenters. The second-order valence-electron chi connectivity index (χ2n) is 7.88. The maximum absolute atomic E-state index is 14.3. The maximum Gasteiger partial charge on any atom is 0.460 e. The Morgan fingerprint density at radius 2 is 1.60 bits per heavy atom. The van der Waals surface area contributed by atoms with Gasteiger partial charge in [0.1, 0.15) is 21.6 Å². The van der Waals surface area contributed by atoms with Gasteiger partial charge in [-0.1, -0.05) is 30.3 Å². The monoisotopic (exact) mass is 511 g/mol. The van der Waals surface area contributed by atoms with Crippen LogP contribution < -0.4 is 5.56 Å². The van der Waals surface area contributed by atoms with E-state index in [9.17, 15) is 35.5 Å². The molecule has 2 aromatic carbocycles. The van der Waals surface area contributed by atoms with Gasteiger partial charge in [0, 0.05) is 5.39 Å². The van der Waals surface area contributed by atoms with E-state index in [1.54, 1.807) is 18.2 Å². The van der Waals surface area contributed by atoms with Crippen LogP contribution in [0.5, 0.6) is 0 Å². The number of halogens is 7. The first-order valence-corrected chi connectivity index (χ1v) is 10.8. The third-order valence-electron chi connectivity index (χ3n) is 5.63. The molecule has 0 saturated carbocycles. The Balaban J connectivity index is 1.70. The number of nitrogens with zero attached hydrogens (tertiary/aromatic N) is 3. The van der Waals surface area contributed by atoms with Crippen molar-refractivity contribution in [2.45, 2.75) is 24.9 Å². The average Bonchev–Trinajstić information content (AvgIpc) is 3.18. The predicted octanol–water partition coefficient (Wildman–Crippen LogP) is 6.75. The van der Waals surface area contributed by atoms with Gasteiger partial charge < -0.3 is 0 Å². The van der Waals surface area contributed by atoms with Crippen LogP contribution in [0.1, 0.15) is 11.3 Å². The number of fused-ring (bicyclic) bond motifs is 4. The first-order chi connectivity index (χ1) is 16.3. The lowest BCUT2D eigenvalue weighted by Crippen LogP contribution is -2.50. The molecule has 0 fully saturated rings. The Morgan fingerprint density at radius 1 is 0.914 bits per heavy atom. The van der Waals surface area contributed by atoms with Crippen LogP contribution in [0.3, 0.4) is 0 Å². The fourth-order valence-corrected chi connectivity index (χ4v) is 4.95. The molecule has 0 saturated heterocycles. The minimum Gasteiger partial charge on any atom is -0.267 e. The molecule has 3 aromatic heterocycles. The summed E-state index contributed by atoms with van der Waals surface area (Å²) in [5.41, 5.74) is -1.81. The largest absolute Gasteiger partial charge is 0.460 e. The highest BCUT2D eigenvalue weighted by atomic mass is 32.1. The average molecular weight is 511 g/mol. The Labute approximate surface area is 195 Å². The van der Waals surface area contributed by atoms with Crippen LogP contribution in [0.15, 0.2) is 59.7 Å². The number of pyridine rings is 1. The van der Waals surface area contributed by atoms with Crippen LogP contribution in [0.4, 0.5) is 30.7 Å². The number of aryl methyl sites for hydroxylation is 1. The summed E-state index contributed by atoms with van der Waals surface area (Å²) in [6.07, 6.45) is -5.25. The third kappa shape index (κ3) is 3.38. The topological polar surface area (TPSA) is 47.8 Å². The van der Waals surface area contributed by atoms with Crippen molar-refractivity contribution >= 4 is 42.5 Å². The van der Waals surface area contributed by atoms with E-state index in [4.69, 9.17) is 0 Å². The van der Waals surface area contributed by atoms with Gasteiger partial charge in [-0.3, -0.25) is 9.36 Å². The standard InChI is InChI=1S/C23H12F7N3OS/c1-11-8-15(21(24,25)22(26,27)23(28,29)30)32-19-16(11)17-18(35-19)20(34)33(10-31-17)14-7-6-12-4-2-3-5-13(12)9-14/h2-10H,1H3. The molecule has 0 aliphatic carbocycles. The molecule has 180 valence electrons. The highest BCUT2D eigenvalue weighted by Gasteiger charge is 2.74. The summed E-state index contributed by atoms with van der Waals surface area (Å²) in [5, 5.41) is 1.91. The number of alkyl halides is 7. The lowest BCUT2D eigenvalue weighted by Gasteiger charge is -2.27. The van der Waals surface area contributed by atoms with Gasteiger partial charge in [0.25, 0.3) is 5.56 Å². The lowest BCUT2D eigenvalue weighted by molar-refractivity contribution is -0.360. The van der Waals surface area contributed by atoms with E-state index in [1.165, 1.54) is 17.8 Å². The molecule has 12 heteroatoms. The zero-order valence-corrected chi connectivity index (χ0v) is 18.3. The van der Waals surface area contributed by atoms with E-state index < -0.39 is 29.3 Å². The van der Waals surface area contributed by atoms with Crippen molar-refractivity contribution in [2.75, 3.05) is 0 Å². The molecule has 5 rings (SSSR count). The molecule has 35 heavy (non-hydrogen) atoms. The van der Waals surface area contributed by atoms with Crippen LogP contribution >= 0.6 is 11.3 Å². The highest BCUT2D eigenvalue weighted by molar-refractivity contribution is 7.25. The van der Waals surface area contributed by atoms with E-state index in [-0.39, 0.29) is 26.0 Å². The van der Waals surface area contributed by atoms with E-state index >= 15 is 0 Å². The first kappa shape index (κ1) is 23.2.